The average Bonchev–Trinajstić information content (AvgIpc) is 2.41. The monoisotopic (exact) mass is 339 g/mol. The fourth-order valence-corrected chi connectivity index (χ4v) is 1.85. The van der Waals surface area contributed by atoms with E-state index in [0.29, 0.717) is 10.2 Å². The van der Waals surface area contributed by atoms with Crippen LogP contribution in [0.4, 0.5) is 4.39 Å². The summed E-state index contributed by atoms with van der Waals surface area (Å²) in [5.74, 6) is -0.641. The number of nitrogens with two attached hydrogens (primary N) is 1. The molecule has 5 nitrogen and oxygen atoms in total. The number of ether oxygens (including phenoxy) is 1. The predicted molar refractivity (Wildman–Crippen MR) is 75.7 cm³/mol. The van der Waals surface area contributed by atoms with Crippen LogP contribution < -0.4 is 10.5 Å². The van der Waals surface area contributed by atoms with E-state index in [-0.39, 0.29) is 23.0 Å². The topological polar surface area (TPSA) is 80.7 Å². The maximum absolute atomic E-state index is 13.8. The molecule has 0 saturated carbocycles. The molecule has 1 aromatic carbocycles. The van der Waals surface area contributed by atoms with Crippen molar-refractivity contribution in [2.75, 3.05) is 0 Å². The lowest BCUT2D eigenvalue weighted by Crippen LogP contribution is -2.15. The van der Waals surface area contributed by atoms with Crippen LogP contribution in [-0.4, -0.2) is 16.0 Å². The number of nitrogens with zero attached hydrogens (tertiary/aromatic N) is 2. The van der Waals surface area contributed by atoms with Gasteiger partial charge in [0.15, 0.2) is 17.4 Å². The second-order valence-electron chi connectivity index (χ2n) is 3.97. The van der Waals surface area contributed by atoms with E-state index in [9.17, 15) is 4.39 Å². The van der Waals surface area contributed by atoms with Crippen molar-refractivity contribution in [3.63, 3.8) is 0 Å². The van der Waals surface area contributed by atoms with Crippen molar-refractivity contribution in [2.45, 2.75) is 6.92 Å². The number of aryl methyl sites for hydroxylation is 1. The number of hydrogen-bond acceptors (Lipinski definition) is 4. The van der Waals surface area contributed by atoms with Crippen LogP contribution in [0.5, 0.6) is 11.6 Å². The molecule has 0 atom stereocenters. The maximum atomic E-state index is 13.8. The molecule has 0 aliphatic carbocycles. The fourth-order valence-electron chi connectivity index (χ4n) is 1.52. The SMILES string of the molecule is Cc1ccc(C(N)=NO)c(Oc2ccc(Br)cc2F)n1. The summed E-state index contributed by atoms with van der Waals surface area (Å²) < 4.78 is 19.8. The summed E-state index contributed by atoms with van der Waals surface area (Å²) in [7, 11) is 0. The third kappa shape index (κ3) is 3.05. The largest absolute Gasteiger partial charge is 0.435 e. The highest BCUT2D eigenvalue weighted by Crippen LogP contribution is 2.28. The van der Waals surface area contributed by atoms with E-state index in [1.54, 1.807) is 25.1 Å². The Kier molecular flexibility index (Phi) is 4.19. The second kappa shape index (κ2) is 5.87. The van der Waals surface area contributed by atoms with Crippen LogP contribution in [0.1, 0.15) is 11.3 Å². The van der Waals surface area contributed by atoms with Gasteiger partial charge < -0.3 is 15.7 Å². The van der Waals surface area contributed by atoms with Gasteiger partial charge in [0.2, 0.25) is 5.88 Å². The third-order valence-corrected chi connectivity index (χ3v) is 2.98. The number of halogens is 2. The van der Waals surface area contributed by atoms with Crippen LogP contribution in [-0.2, 0) is 0 Å². The lowest BCUT2D eigenvalue weighted by Gasteiger charge is -2.10. The summed E-state index contributed by atoms with van der Waals surface area (Å²) in [6.45, 7) is 1.75. The van der Waals surface area contributed by atoms with Crippen molar-refractivity contribution >= 4 is 21.8 Å². The Labute approximate surface area is 123 Å². The fraction of sp³-hybridized carbons (Fsp3) is 0.0769. The summed E-state index contributed by atoms with van der Waals surface area (Å²) in [4.78, 5) is 4.13. The molecule has 0 bridgehead atoms. The van der Waals surface area contributed by atoms with E-state index >= 15 is 0 Å². The zero-order chi connectivity index (χ0) is 14.7. The van der Waals surface area contributed by atoms with Crippen LogP contribution in [0, 0.1) is 12.7 Å². The molecule has 2 rings (SSSR count). The third-order valence-electron chi connectivity index (χ3n) is 2.48. The molecule has 7 heteroatoms. The molecule has 0 saturated heterocycles. The van der Waals surface area contributed by atoms with Gasteiger partial charge in [0, 0.05) is 10.2 Å². The zero-order valence-electron chi connectivity index (χ0n) is 10.5. The van der Waals surface area contributed by atoms with E-state index in [1.165, 1.54) is 12.1 Å². The second-order valence-corrected chi connectivity index (χ2v) is 4.88. The number of amidine groups is 1. The summed E-state index contributed by atoms with van der Waals surface area (Å²) in [5, 5.41) is 11.6. The van der Waals surface area contributed by atoms with Gasteiger partial charge in [0.25, 0.3) is 0 Å². The Morgan fingerprint density at radius 1 is 1.40 bits per heavy atom. The molecule has 0 aliphatic rings. The van der Waals surface area contributed by atoms with E-state index < -0.39 is 5.82 Å². The Balaban J connectivity index is 2.44. The molecule has 0 unspecified atom stereocenters. The molecule has 1 aromatic heterocycles. The molecular formula is C13H11BrFN3O2. The molecular weight excluding hydrogens is 329 g/mol. The highest BCUT2D eigenvalue weighted by atomic mass is 79.9. The first-order valence-corrected chi connectivity index (χ1v) is 6.39. The van der Waals surface area contributed by atoms with Gasteiger partial charge in [-0.2, -0.15) is 0 Å². The van der Waals surface area contributed by atoms with Crippen LogP contribution in [0.15, 0.2) is 40.0 Å². The first kappa shape index (κ1) is 14.3. The summed E-state index contributed by atoms with van der Waals surface area (Å²) in [5.41, 5.74) is 6.48. The Morgan fingerprint density at radius 2 is 2.15 bits per heavy atom. The lowest BCUT2D eigenvalue weighted by atomic mass is 10.2. The molecule has 0 radical (unpaired) electrons. The van der Waals surface area contributed by atoms with Crippen molar-refractivity contribution in [1.29, 1.82) is 0 Å². The normalized spacial score (nSPS) is 11.4. The molecule has 20 heavy (non-hydrogen) atoms. The number of pyridine rings is 1. The first-order valence-electron chi connectivity index (χ1n) is 5.59. The molecule has 2 aromatic rings. The molecule has 0 amide bonds. The number of aromatic nitrogens is 1. The van der Waals surface area contributed by atoms with Crippen molar-refractivity contribution in [3.05, 3.63) is 51.9 Å². The van der Waals surface area contributed by atoms with Gasteiger partial charge in [-0.05, 0) is 37.3 Å². The Bertz CT molecular complexity index is 677. The van der Waals surface area contributed by atoms with E-state index in [0.717, 1.165) is 0 Å². The van der Waals surface area contributed by atoms with Crippen molar-refractivity contribution in [2.24, 2.45) is 10.9 Å². The average molecular weight is 340 g/mol. The van der Waals surface area contributed by atoms with E-state index in [1.807, 2.05) is 0 Å². The molecule has 0 aliphatic heterocycles. The van der Waals surface area contributed by atoms with Gasteiger partial charge in [0.1, 0.15) is 0 Å². The molecule has 0 spiro atoms. The zero-order valence-corrected chi connectivity index (χ0v) is 12.1. The van der Waals surface area contributed by atoms with Crippen molar-refractivity contribution in [1.82, 2.24) is 4.98 Å². The van der Waals surface area contributed by atoms with Crippen LogP contribution in [0.3, 0.4) is 0 Å². The minimum absolute atomic E-state index is 0.00158. The van der Waals surface area contributed by atoms with Crippen LogP contribution in [0.25, 0.3) is 0 Å². The van der Waals surface area contributed by atoms with Crippen LogP contribution >= 0.6 is 15.9 Å². The van der Waals surface area contributed by atoms with Gasteiger partial charge in [-0.3, -0.25) is 0 Å². The summed E-state index contributed by atoms with van der Waals surface area (Å²) in [6, 6.07) is 7.63. The van der Waals surface area contributed by atoms with Gasteiger partial charge in [-0.25, -0.2) is 9.37 Å². The number of hydrogen-bond donors (Lipinski definition) is 2. The van der Waals surface area contributed by atoms with Crippen molar-refractivity contribution < 1.29 is 14.3 Å². The van der Waals surface area contributed by atoms with Gasteiger partial charge in [0.05, 0.1) is 5.56 Å². The molecule has 0 fully saturated rings. The number of rotatable bonds is 3. The van der Waals surface area contributed by atoms with Crippen LogP contribution in [0.2, 0.25) is 0 Å². The molecule has 3 N–H and O–H groups in total. The number of benzene rings is 1. The molecule has 104 valence electrons. The van der Waals surface area contributed by atoms with Crippen molar-refractivity contribution in [3.8, 4) is 11.6 Å². The van der Waals surface area contributed by atoms with Gasteiger partial charge in [-0.15, -0.1) is 0 Å². The minimum atomic E-state index is -0.548. The minimum Gasteiger partial charge on any atom is -0.435 e. The highest BCUT2D eigenvalue weighted by Gasteiger charge is 2.13. The van der Waals surface area contributed by atoms with E-state index in [4.69, 9.17) is 15.7 Å². The maximum Gasteiger partial charge on any atom is 0.230 e. The van der Waals surface area contributed by atoms with E-state index in [2.05, 4.69) is 26.1 Å². The van der Waals surface area contributed by atoms with Gasteiger partial charge in [-0.1, -0.05) is 21.1 Å². The lowest BCUT2D eigenvalue weighted by molar-refractivity contribution is 0.318. The highest BCUT2D eigenvalue weighted by molar-refractivity contribution is 9.10. The predicted octanol–water partition coefficient (Wildman–Crippen LogP) is 3.18. The number of oxime groups is 1. The van der Waals surface area contributed by atoms with Gasteiger partial charge >= 0.3 is 0 Å². The summed E-state index contributed by atoms with van der Waals surface area (Å²) >= 11 is 3.16. The standard InChI is InChI=1S/C13H11BrFN3O2/c1-7-2-4-9(12(16)18-19)13(17-7)20-11-5-3-8(14)6-10(11)15/h2-6,19H,1H3,(H2,16,18). The smallest absolute Gasteiger partial charge is 0.230 e. The Morgan fingerprint density at radius 3 is 2.80 bits per heavy atom. The Hall–Kier alpha value is -2.15. The summed E-state index contributed by atoms with van der Waals surface area (Å²) in [6.07, 6.45) is 0. The first-order chi connectivity index (χ1) is 9.51. The molecule has 1 heterocycles. The quantitative estimate of drug-likeness (QED) is 0.389.